The average Bonchev–Trinajstić information content (AvgIpc) is 3.36. The predicted molar refractivity (Wildman–Crippen MR) is 146 cm³/mol. The van der Waals surface area contributed by atoms with Crippen LogP contribution in [0.4, 0.5) is 13.2 Å². The molecular formula is C26H24Cl2F3N5O2S. The molecule has 2 aliphatic carbocycles. The van der Waals surface area contributed by atoms with Crippen molar-refractivity contribution < 1.29 is 22.8 Å². The number of alkyl halides is 3. The molecule has 0 fully saturated rings. The quantitative estimate of drug-likeness (QED) is 0.355. The zero-order chi connectivity index (χ0) is 28.2. The van der Waals surface area contributed by atoms with Crippen molar-refractivity contribution in [1.82, 2.24) is 25.4 Å². The maximum Gasteiger partial charge on any atom is 0.435 e. The fraction of sp³-hybridized carbons (Fsp3) is 0.308. The smallest absolute Gasteiger partial charge is 0.351 e. The van der Waals surface area contributed by atoms with Crippen LogP contribution in [0, 0.1) is 5.92 Å². The van der Waals surface area contributed by atoms with Crippen LogP contribution in [0.15, 0.2) is 70.6 Å². The Morgan fingerprint density at radius 1 is 1.23 bits per heavy atom. The van der Waals surface area contributed by atoms with Crippen molar-refractivity contribution in [2.45, 2.75) is 25.9 Å². The Kier molecular flexibility index (Phi) is 9.24. The zero-order valence-corrected chi connectivity index (χ0v) is 23.0. The second-order valence-corrected chi connectivity index (χ2v) is 10.7. The number of hydrogen-bond donors (Lipinski definition) is 2. The first kappa shape index (κ1) is 29.0. The number of amides is 2. The van der Waals surface area contributed by atoms with Crippen molar-refractivity contribution in [3.05, 3.63) is 87.0 Å². The van der Waals surface area contributed by atoms with Gasteiger partial charge < -0.3 is 10.6 Å². The van der Waals surface area contributed by atoms with E-state index in [0.717, 1.165) is 22.4 Å². The Morgan fingerprint density at radius 2 is 2.03 bits per heavy atom. The van der Waals surface area contributed by atoms with Gasteiger partial charge in [0.05, 0.1) is 21.3 Å². The van der Waals surface area contributed by atoms with Gasteiger partial charge in [-0.05, 0) is 42.4 Å². The van der Waals surface area contributed by atoms with Gasteiger partial charge in [-0.2, -0.15) is 30.0 Å². The normalized spacial score (nSPS) is 16.9. The number of carbonyl (C=O) groups is 2. The average molecular weight is 598 g/mol. The van der Waals surface area contributed by atoms with Crippen molar-refractivity contribution in [2.24, 2.45) is 5.92 Å². The third kappa shape index (κ3) is 6.59. The maximum absolute atomic E-state index is 13.6. The summed E-state index contributed by atoms with van der Waals surface area (Å²) in [5.74, 6) is -0.255. The lowest BCUT2D eigenvalue weighted by molar-refractivity contribution is -0.141. The molecule has 2 aromatic rings. The molecule has 39 heavy (non-hydrogen) atoms. The largest absolute Gasteiger partial charge is 0.435 e. The van der Waals surface area contributed by atoms with Crippen LogP contribution >= 0.6 is 35.0 Å². The van der Waals surface area contributed by atoms with Gasteiger partial charge in [0.25, 0.3) is 11.8 Å². The molecule has 2 amide bonds. The monoisotopic (exact) mass is 597 g/mol. The molecular weight excluding hydrogens is 574 g/mol. The molecule has 1 atom stereocenters. The van der Waals surface area contributed by atoms with Crippen LogP contribution in [0.25, 0.3) is 5.82 Å². The highest BCUT2D eigenvalue weighted by molar-refractivity contribution is 7.99. The van der Waals surface area contributed by atoms with Gasteiger partial charge in [-0.15, -0.1) is 0 Å². The molecule has 0 saturated heterocycles. The number of halogens is 5. The summed E-state index contributed by atoms with van der Waals surface area (Å²) in [4.78, 5) is 30.6. The molecule has 13 heteroatoms. The number of nitrogens with zero attached hydrogens (tertiary/aromatic N) is 3. The molecule has 0 saturated carbocycles. The molecule has 0 spiro atoms. The van der Waals surface area contributed by atoms with Gasteiger partial charge in [0.1, 0.15) is 5.69 Å². The second kappa shape index (κ2) is 12.4. The number of hydrogen-bond acceptors (Lipinski definition) is 5. The van der Waals surface area contributed by atoms with Gasteiger partial charge in [0.2, 0.25) is 0 Å². The molecule has 2 aromatic heterocycles. The lowest BCUT2D eigenvalue weighted by atomic mass is 9.83. The zero-order valence-electron chi connectivity index (χ0n) is 20.7. The lowest BCUT2D eigenvalue weighted by Gasteiger charge is -2.28. The summed E-state index contributed by atoms with van der Waals surface area (Å²) in [7, 11) is 0. The van der Waals surface area contributed by atoms with Crippen molar-refractivity contribution in [3.63, 3.8) is 0 Å². The summed E-state index contributed by atoms with van der Waals surface area (Å²) in [6.07, 6.45) is 5.23. The number of rotatable bonds is 9. The van der Waals surface area contributed by atoms with E-state index >= 15 is 0 Å². The minimum atomic E-state index is -4.84. The highest BCUT2D eigenvalue weighted by Crippen LogP contribution is 2.39. The minimum absolute atomic E-state index is 0.0111. The second-order valence-electron chi connectivity index (χ2n) is 8.62. The number of fused-ring (bicyclic) bond motifs is 1. The number of aromatic nitrogens is 3. The van der Waals surface area contributed by atoms with Crippen LogP contribution in [-0.2, 0) is 11.0 Å². The van der Waals surface area contributed by atoms with E-state index in [0.29, 0.717) is 24.8 Å². The Hall–Kier alpha value is -3.02. The highest BCUT2D eigenvalue weighted by atomic mass is 35.5. The summed E-state index contributed by atoms with van der Waals surface area (Å²) in [6, 6.07) is 3.50. The Balaban J connectivity index is 1.69. The lowest BCUT2D eigenvalue weighted by Crippen LogP contribution is -2.36. The third-order valence-corrected chi connectivity index (χ3v) is 7.80. The summed E-state index contributed by atoms with van der Waals surface area (Å²) in [6.45, 7) is 2.45. The first-order valence-electron chi connectivity index (χ1n) is 12.1. The SMILES string of the molecule is CCCSCCNC(=O)C1=CC2=CC=CCC2C(Cl)=C1NC(=O)c1cc(C(F)(F)F)nn1-c1ncccc1Cl. The van der Waals surface area contributed by atoms with E-state index in [-0.39, 0.29) is 33.1 Å². The molecule has 0 bridgehead atoms. The van der Waals surface area contributed by atoms with Gasteiger partial charge in [-0.25, -0.2) is 9.67 Å². The first-order valence-corrected chi connectivity index (χ1v) is 14.0. The van der Waals surface area contributed by atoms with E-state index in [1.54, 1.807) is 17.8 Å². The van der Waals surface area contributed by atoms with Crippen molar-refractivity contribution >= 4 is 46.8 Å². The van der Waals surface area contributed by atoms with Crippen LogP contribution in [0.2, 0.25) is 5.02 Å². The van der Waals surface area contributed by atoms with E-state index in [4.69, 9.17) is 23.2 Å². The predicted octanol–water partition coefficient (Wildman–Crippen LogP) is 5.82. The fourth-order valence-electron chi connectivity index (χ4n) is 4.02. The fourth-order valence-corrected chi connectivity index (χ4v) is 5.33. The number of pyridine rings is 1. The van der Waals surface area contributed by atoms with E-state index in [1.165, 1.54) is 18.3 Å². The number of carbonyl (C=O) groups excluding carboxylic acids is 2. The number of allylic oxidation sites excluding steroid dienone is 6. The van der Waals surface area contributed by atoms with Gasteiger partial charge in [-0.3, -0.25) is 9.59 Å². The van der Waals surface area contributed by atoms with Gasteiger partial charge in [0, 0.05) is 30.5 Å². The number of nitrogens with one attached hydrogen (secondary N) is 2. The van der Waals surface area contributed by atoms with Crippen LogP contribution in [0.5, 0.6) is 0 Å². The van der Waals surface area contributed by atoms with E-state index in [1.807, 2.05) is 18.2 Å². The van der Waals surface area contributed by atoms with Crippen molar-refractivity contribution in [3.8, 4) is 5.82 Å². The van der Waals surface area contributed by atoms with Crippen LogP contribution in [0.1, 0.15) is 35.9 Å². The topological polar surface area (TPSA) is 88.9 Å². The minimum Gasteiger partial charge on any atom is -0.351 e. The van der Waals surface area contributed by atoms with Crippen LogP contribution in [-0.4, -0.2) is 44.6 Å². The molecule has 7 nitrogen and oxygen atoms in total. The maximum atomic E-state index is 13.6. The van der Waals surface area contributed by atoms with Gasteiger partial charge in [0.15, 0.2) is 11.5 Å². The molecule has 2 N–H and O–H groups in total. The van der Waals surface area contributed by atoms with Crippen LogP contribution < -0.4 is 10.6 Å². The molecule has 0 aliphatic heterocycles. The molecule has 2 aliphatic rings. The molecule has 4 rings (SSSR count). The molecule has 206 valence electrons. The molecule has 1 unspecified atom stereocenters. The summed E-state index contributed by atoms with van der Waals surface area (Å²) >= 11 is 14.6. The highest BCUT2D eigenvalue weighted by Gasteiger charge is 2.37. The van der Waals surface area contributed by atoms with Crippen LogP contribution in [0.3, 0.4) is 0 Å². The Morgan fingerprint density at radius 3 is 2.74 bits per heavy atom. The summed E-state index contributed by atoms with van der Waals surface area (Å²) in [5, 5.41) is 9.14. The molecule has 0 aromatic carbocycles. The van der Waals surface area contributed by atoms with E-state index < -0.39 is 29.4 Å². The first-order chi connectivity index (χ1) is 18.6. The van der Waals surface area contributed by atoms with E-state index in [9.17, 15) is 22.8 Å². The van der Waals surface area contributed by atoms with Gasteiger partial charge >= 0.3 is 6.18 Å². The Bertz CT molecular complexity index is 1400. The third-order valence-electron chi connectivity index (χ3n) is 5.86. The summed E-state index contributed by atoms with van der Waals surface area (Å²) < 4.78 is 41.4. The Labute approximate surface area is 237 Å². The summed E-state index contributed by atoms with van der Waals surface area (Å²) in [5.41, 5.74) is -0.883. The van der Waals surface area contributed by atoms with Crippen molar-refractivity contribution in [1.29, 1.82) is 0 Å². The molecule has 0 radical (unpaired) electrons. The van der Waals surface area contributed by atoms with Crippen molar-refractivity contribution in [2.75, 3.05) is 18.1 Å². The number of thioether (sulfide) groups is 1. The standard InChI is InChI=1S/C26H24Cl2F3N5O2S/c1-2-11-39-12-10-33-24(37)17-13-15-6-3-4-7-16(15)21(28)22(17)34-25(38)19-14-20(26(29,30)31)35-36(19)23-18(27)8-5-9-32-23/h3-6,8-9,13-14,16H,2,7,10-12H2,1H3,(H,33,37)(H,34,38). The van der Waals surface area contributed by atoms with E-state index in [2.05, 4.69) is 27.6 Å². The van der Waals surface area contributed by atoms with Gasteiger partial charge in [-0.1, -0.05) is 48.4 Å². The molecule has 2 heterocycles.